The van der Waals surface area contributed by atoms with Crippen LogP contribution in [-0.4, -0.2) is 55.6 Å². The molecule has 0 aromatic carbocycles. The van der Waals surface area contributed by atoms with Gasteiger partial charge in [-0.1, -0.05) is 13.8 Å². The summed E-state index contributed by atoms with van der Waals surface area (Å²) in [7, 11) is 3.40. The Morgan fingerprint density at radius 1 is 1.12 bits per heavy atom. The number of hydrogen-bond acceptors (Lipinski definition) is 3. The average Bonchev–Trinajstić information content (AvgIpc) is 2.24. The van der Waals surface area contributed by atoms with E-state index < -0.39 is 0 Å². The van der Waals surface area contributed by atoms with Gasteiger partial charge in [-0.2, -0.15) is 0 Å². The van der Waals surface area contributed by atoms with Crippen LogP contribution in [0.2, 0.25) is 0 Å². The lowest BCUT2D eigenvalue weighted by atomic mass is 10.2. The Labute approximate surface area is 97.3 Å². The fourth-order valence-corrected chi connectivity index (χ4v) is 1.18. The van der Waals surface area contributed by atoms with Crippen molar-refractivity contribution in [1.29, 1.82) is 0 Å². The molecule has 0 heterocycles. The molecule has 2 amide bonds. The van der Waals surface area contributed by atoms with Gasteiger partial charge in [0.05, 0.1) is 6.61 Å². The molecule has 5 heteroatoms. The lowest BCUT2D eigenvalue weighted by Gasteiger charge is -2.23. The number of nitrogens with zero attached hydrogens (tertiary/aromatic N) is 2. The van der Waals surface area contributed by atoms with Crippen molar-refractivity contribution in [3.05, 3.63) is 0 Å². The van der Waals surface area contributed by atoms with E-state index in [0.717, 1.165) is 0 Å². The molecule has 0 aliphatic heterocycles. The zero-order valence-corrected chi connectivity index (χ0v) is 10.8. The molecule has 0 aromatic heterocycles. The summed E-state index contributed by atoms with van der Waals surface area (Å²) in [5.74, 6) is 0.0650. The van der Waals surface area contributed by atoms with E-state index in [-0.39, 0.29) is 17.9 Å². The normalized spacial score (nSPS) is 10.1. The van der Waals surface area contributed by atoms with Crippen LogP contribution in [-0.2, 0) is 9.53 Å². The number of ether oxygens (including phenoxy) is 1. The number of carbonyl (C=O) groups excluding carboxylic acids is 2. The second-order valence-corrected chi connectivity index (χ2v) is 4.03. The molecule has 0 saturated carbocycles. The third-order valence-corrected chi connectivity index (χ3v) is 2.22. The van der Waals surface area contributed by atoms with Gasteiger partial charge in [0, 0.05) is 33.1 Å². The predicted octanol–water partition coefficient (Wildman–Crippen LogP) is 1.19. The van der Waals surface area contributed by atoms with Gasteiger partial charge in [0.2, 0.25) is 5.91 Å². The summed E-state index contributed by atoms with van der Waals surface area (Å²) in [6.07, 6.45) is -0.354. The Morgan fingerprint density at radius 2 is 1.62 bits per heavy atom. The van der Waals surface area contributed by atoms with Gasteiger partial charge in [0.1, 0.15) is 0 Å². The van der Waals surface area contributed by atoms with Crippen LogP contribution in [0.1, 0.15) is 20.8 Å². The number of carbonyl (C=O) groups is 2. The Hall–Kier alpha value is -1.26. The molecular formula is C11H22N2O3. The van der Waals surface area contributed by atoms with E-state index in [0.29, 0.717) is 19.7 Å². The summed E-state index contributed by atoms with van der Waals surface area (Å²) in [5.41, 5.74) is 0. The van der Waals surface area contributed by atoms with Crippen molar-refractivity contribution in [3.8, 4) is 0 Å². The van der Waals surface area contributed by atoms with Crippen molar-refractivity contribution in [2.24, 2.45) is 5.92 Å². The third kappa shape index (κ3) is 5.00. The first kappa shape index (κ1) is 14.7. The molecule has 0 aromatic rings. The van der Waals surface area contributed by atoms with E-state index in [4.69, 9.17) is 4.74 Å². The van der Waals surface area contributed by atoms with Gasteiger partial charge in [-0.05, 0) is 6.92 Å². The molecule has 0 saturated heterocycles. The summed E-state index contributed by atoms with van der Waals surface area (Å²) < 4.78 is 4.83. The molecule has 5 nitrogen and oxygen atoms in total. The number of amides is 2. The van der Waals surface area contributed by atoms with Crippen molar-refractivity contribution in [1.82, 2.24) is 9.80 Å². The largest absolute Gasteiger partial charge is 0.450 e. The van der Waals surface area contributed by atoms with E-state index >= 15 is 0 Å². The van der Waals surface area contributed by atoms with E-state index in [1.165, 1.54) is 4.90 Å². The SMILES string of the molecule is CCOC(=O)N(C)CCN(C)C(=O)C(C)C. The molecule has 0 aliphatic carbocycles. The lowest BCUT2D eigenvalue weighted by Crippen LogP contribution is -2.39. The number of hydrogen-bond donors (Lipinski definition) is 0. The standard InChI is InChI=1S/C11H22N2O3/c1-6-16-11(15)13(5)8-7-12(4)10(14)9(2)3/h9H,6-8H2,1-5H3. The average molecular weight is 230 g/mol. The highest BCUT2D eigenvalue weighted by atomic mass is 16.5. The Morgan fingerprint density at radius 3 is 2.06 bits per heavy atom. The second kappa shape index (κ2) is 7.09. The van der Waals surface area contributed by atoms with E-state index in [9.17, 15) is 9.59 Å². The first-order valence-electron chi connectivity index (χ1n) is 5.53. The van der Waals surface area contributed by atoms with Gasteiger partial charge in [-0.25, -0.2) is 4.79 Å². The smallest absolute Gasteiger partial charge is 0.409 e. The zero-order chi connectivity index (χ0) is 12.7. The molecule has 0 atom stereocenters. The monoisotopic (exact) mass is 230 g/mol. The van der Waals surface area contributed by atoms with Crippen molar-refractivity contribution >= 4 is 12.0 Å². The number of rotatable bonds is 5. The van der Waals surface area contributed by atoms with E-state index in [2.05, 4.69) is 0 Å². The molecule has 0 bridgehead atoms. The second-order valence-electron chi connectivity index (χ2n) is 4.03. The van der Waals surface area contributed by atoms with Gasteiger partial charge < -0.3 is 14.5 Å². The fourth-order valence-electron chi connectivity index (χ4n) is 1.18. The third-order valence-electron chi connectivity index (χ3n) is 2.22. The summed E-state index contributed by atoms with van der Waals surface area (Å²) in [6, 6.07) is 0. The van der Waals surface area contributed by atoms with Crippen LogP contribution >= 0.6 is 0 Å². The van der Waals surface area contributed by atoms with E-state index in [1.807, 2.05) is 13.8 Å². The van der Waals surface area contributed by atoms with Crippen LogP contribution in [0.15, 0.2) is 0 Å². The van der Waals surface area contributed by atoms with Crippen LogP contribution in [0.4, 0.5) is 4.79 Å². The Kier molecular flexibility index (Phi) is 6.53. The minimum atomic E-state index is -0.354. The van der Waals surface area contributed by atoms with Gasteiger partial charge in [-0.15, -0.1) is 0 Å². The van der Waals surface area contributed by atoms with Crippen molar-refractivity contribution < 1.29 is 14.3 Å². The topological polar surface area (TPSA) is 49.9 Å². The minimum Gasteiger partial charge on any atom is -0.450 e. The maximum atomic E-state index is 11.5. The molecule has 0 N–H and O–H groups in total. The first-order valence-corrected chi connectivity index (χ1v) is 5.53. The molecule has 0 unspecified atom stereocenters. The number of likely N-dealkylation sites (N-methyl/N-ethyl adjacent to an activating group) is 2. The summed E-state index contributed by atoms with van der Waals surface area (Å²) in [4.78, 5) is 25.9. The van der Waals surface area contributed by atoms with Crippen LogP contribution in [0.25, 0.3) is 0 Å². The highest BCUT2D eigenvalue weighted by molar-refractivity contribution is 5.77. The Balaban J connectivity index is 3.96. The lowest BCUT2D eigenvalue weighted by molar-refractivity contribution is -0.133. The Bertz CT molecular complexity index is 241. The van der Waals surface area contributed by atoms with Gasteiger partial charge in [-0.3, -0.25) is 4.79 Å². The molecular weight excluding hydrogens is 208 g/mol. The maximum absolute atomic E-state index is 11.5. The summed E-state index contributed by atoms with van der Waals surface area (Å²) in [6.45, 7) is 6.84. The van der Waals surface area contributed by atoms with Crippen LogP contribution < -0.4 is 0 Å². The van der Waals surface area contributed by atoms with Crippen molar-refractivity contribution in [3.63, 3.8) is 0 Å². The highest BCUT2D eigenvalue weighted by Gasteiger charge is 2.15. The zero-order valence-electron chi connectivity index (χ0n) is 10.8. The molecule has 0 fully saturated rings. The molecule has 0 aliphatic rings. The summed E-state index contributed by atoms with van der Waals surface area (Å²) >= 11 is 0. The fraction of sp³-hybridized carbons (Fsp3) is 0.818. The van der Waals surface area contributed by atoms with Gasteiger partial charge in [0.25, 0.3) is 0 Å². The van der Waals surface area contributed by atoms with E-state index in [1.54, 1.807) is 25.9 Å². The van der Waals surface area contributed by atoms with Crippen LogP contribution in [0.3, 0.4) is 0 Å². The molecule has 0 rings (SSSR count). The molecule has 0 radical (unpaired) electrons. The molecule has 94 valence electrons. The maximum Gasteiger partial charge on any atom is 0.409 e. The van der Waals surface area contributed by atoms with Gasteiger partial charge >= 0.3 is 6.09 Å². The molecule has 0 spiro atoms. The van der Waals surface area contributed by atoms with Crippen molar-refractivity contribution in [2.75, 3.05) is 33.8 Å². The summed E-state index contributed by atoms with van der Waals surface area (Å²) in [5, 5.41) is 0. The quantitative estimate of drug-likeness (QED) is 0.713. The van der Waals surface area contributed by atoms with Crippen LogP contribution in [0, 0.1) is 5.92 Å². The van der Waals surface area contributed by atoms with Crippen LogP contribution in [0.5, 0.6) is 0 Å². The predicted molar refractivity (Wildman–Crippen MR) is 62.1 cm³/mol. The molecule has 16 heavy (non-hydrogen) atoms. The highest BCUT2D eigenvalue weighted by Crippen LogP contribution is 1.99. The van der Waals surface area contributed by atoms with Gasteiger partial charge in [0.15, 0.2) is 0 Å². The minimum absolute atomic E-state index is 0.0158. The van der Waals surface area contributed by atoms with Crippen molar-refractivity contribution in [2.45, 2.75) is 20.8 Å². The first-order chi connectivity index (χ1) is 7.40.